The predicted molar refractivity (Wildman–Crippen MR) is 161 cm³/mol. The molecule has 39 heavy (non-hydrogen) atoms. The van der Waals surface area contributed by atoms with Crippen molar-refractivity contribution in [3.63, 3.8) is 0 Å². The van der Waals surface area contributed by atoms with Gasteiger partial charge in [0.05, 0.1) is 12.7 Å². The Hall–Kier alpha value is -3.39. The summed E-state index contributed by atoms with van der Waals surface area (Å²) in [6.45, 7) is 4.43. The van der Waals surface area contributed by atoms with Gasteiger partial charge >= 0.3 is 5.97 Å². The summed E-state index contributed by atoms with van der Waals surface area (Å²) >= 11 is 3.28. The lowest BCUT2D eigenvalue weighted by atomic mass is 9.93. The molecule has 3 aromatic carbocycles. The number of ether oxygens (including phenoxy) is 1. The molecule has 0 radical (unpaired) electrons. The number of carbonyl (C=O) groups excluding carboxylic acids is 1. The molecule has 0 bridgehead atoms. The molecule has 5 nitrogen and oxygen atoms in total. The Bertz CT molecular complexity index is 1420. The van der Waals surface area contributed by atoms with Crippen molar-refractivity contribution >= 4 is 35.0 Å². The summed E-state index contributed by atoms with van der Waals surface area (Å²) in [5, 5.41) is 12.3. The SMILES string of the molecule is CSCCC(NC(=O)c1ccc(COC(C)c2ccc(-c3ccccc3)s2)cc1-c1ccccc1C)C(=O)O. The lowest BCUT2D eigenvalue weighted by Gasteiger charge is -2.18. The predicted octanol–water partition coefficient (Wildman–Crippen LogP) is 7.60. The number of nitrogens with one attached hydrogen (secondary N) is 1. The summed E-state index contributed by atoms with van der Waals surface area (Å²) < 4.78 is 6.25. The molecule has 0 spiro atoms. The van der Waals surface area contributed by atoms with E-state index in [0.717, 1.165) is 27.1 Å². The summed E-state index contributed by atoms with van der Waals surface area (Å²) in [5.41, 5.74) is 5.30. The fraction of sp³-hybridized carbons (Fsp3) is 0.250. The number of rotatable bonds is 12. The number of hydrogen-bond acceptors (Lipinski definition) is 5. The molecular formula is C32H33NO4S2. The highest BCUT2D eigenvalue weighted by Crippen LogP contribution is 2.34. The molecule has 0 aliphatic heterocycles. The van der Waals surface area contributed by atoms with Gasteiger partial charge in [0, 0.05) is 15.3 Å². The highest BCUT2D eigenvalue weighted by Gasteiger charge is 2.23. The van der Waals surface area contributed by atoms with Crippen LogP contribution in [0.2, 0.25) is 0 Å². The van der Waals surface area contributed by atoms with Crippen molar-refractivity contribution in [2.45, 2.75) is 39.0 Å². The second kappa shape index (κ2) is 13.6. The second-order valence-corrected chi connectivity index (χ2v) is 11.5. The van der Waals surface area contributed by atoms with Crippen molar-refractivity contribution in [2.75, 3.05) is 12.0 Å². The van der Waals surface area contributed by atoms with E-state index in [-0.39, 0.29) is 6.10 Å². The summed E-state index contributed by atoms with van der Waals surface area (Å²) in [7, 11) is 0. The van der Waals surface area contributed by atoms with Gasteiger partial charge in [-0.1, -0.05) is 60.7 Å². The average molecular weight is 560 g/mol. The first-order valence-electron chi connectivity index (χ1n) is 12.9. The molecule has 1 amide bonds. The Kier molecular flexibility index (Phi) is 9.98. The van der Waals surface area contributed by atoms with Crippen LogP contribution in [-0.2, 0) is 16.1 Å². The zero-order valence-electron chi connectivity index (χ0n) is 22.3. The lowest BCUT2D eigenvalue weighted by molar-refractivity contribution is -0.139. The normalized spacial score (nSPS) is 12.6. The molecule has 0 saturated heterocycles. The largest absolute Gasteiger partial charge is 0.480 e. The summed E-state index contributed by atoms with van der Waals surface area (Å²) in [5.74, 6) is -0.777. The van der Waals surface area contributed by atoms with Crippen LogP contribution in [0.4, 0.5) is 0 Å². The molecule has 0 fully saturated rings. The van der Waals surface area contributed by atoms with Gasteiger partial charge in [-0.15, -0.1) is 11.3 Å². The zero-order valence-corrected chi connectivity index (χ0v) is 24.0. The van der Waals surface area contributed by atoms with Crippen molar-refractivity contribution in [2.24, 2.45) is 0 Å². The Morgan fingerprint density at radius 3 is 2.44 bits per heavy atom. The van der Waals surface area contributed by atoms with E-state index in [9.17, 15) is 14.7 Å². The van der Waals surface area contributed by atoms with Crippen LogP contribution in [0.5, 0.6) is 0 Å². The van der Waals surface area contributed by atoms with E-state index < -0.39 is 17.9 Å². The average Bonchev–Trinajstić information content (AvgIpc) is 3.45. The Morgan fingerprint density at radius 1 is 0.974 bits per heavy atom. The van der Waals surface area contributed by atoms with E-state index in [1.54, 1.807) is 29.2 Å². The van der Waals surface area contributed by atoms with E-state index >= 15 is 0 Å². The third-order valence-corrected chi connectivity index (χ3v) is 8.50. The van der Waals surface area contributed by atoms with Crippen molar-refractivity contribution in [3.05, 3.63) is 106 Å². The first-order valence-corrected chi connectivity index (χ1v) is 15.1. The van der Waals surface area contributed by atoms with E-state index in [2.05, 4.69) is 29.6 Å². The van der Waals surface area contributed by atoms with Gasteiger partial charge in [-0.25, -0.2) is 4.79 Å². The number of aryl methyl sites for hydroxylation is 1. The summed E-state index contributed by atoms with van der Waals surface area (Å²) in [6.07, 6.45) is 2.19. The van der Waals surface area contributed by atoms with Crippen molar-refractivity contribution in [3.8, 4) is 21.6 Å². The Labute approximate surface area is 238 Å². The number of carboxylic acids is 1. The monoisotopic (exact) mass is 559 g/mol. The van der Waals surface area contributed by atoms with Gasteiger partial charge in [0.15, 0.2) is 0 Å². The maximum atomic E-state index is 13.3. The van der Waals surface area contributed by atoms with E-state index in [0.29, 0.717) is 24.3 Å². The molecule has 0 aliphatic rings. The standard InChI is InChI=1S/C32H33NO4S2/c1-21-9-7-8-12-25(21)27-19-23(13-14-26(27)31(34)33-28(32(35)36)17-18-38-3)20-37-22(2)29-15-16-30(39-29)24-10-5-4-6-11-24/h4-16,19,22,28H,17-18,20H2,1-3H3,(H,33,34)(H,35,36). The van der Waals surface area contributed by atoms with Crippen molar-refractivity contribution < 1.29 is 19.4 Å². The van der Waals surface area contributed by atoms with Crippen LogP contribution in [0, 0.1) is 6.92 Å². The highest BCUT2D eigenvalue weighted by molar-refractivity contribution is 7.98. The van der Waals surface area contributed by atoms with Crippen LogP contribution in [-0.4, -0.2) is 35.0 Å². The number of thiophene rings is 1. The number of benzene rings is 3. The molecule has 0 aliphatic carbocycles. The number of aliphatic carboxylic acids is 1. The van der Waals surface area contributed by atoms with Gasteiger partial charge < -0.3 is 15.2 Å². The number of carboxylic acid groups (broad SMARTS) is 1. The number of hydrogen-bond donors (Lipinski definition) is 2. The van der Waals surface area contributed by atoms with Gasteiger partial charge in [-0.2, -0.15) is 11.8 Å². The third kappa shape index (κ3) is 7.38. The van der Waals surface area contributed by atoms with Gasteiger partial charge in [-0.3, -0.25) is 4.79 Å². The second-order valence-electron chi connectivity index (χ2n) is 9.36. The van der Waals surface area contributed by atoms with Crippen LogP contribution >= 0.6 is 23.1 Å². The van der Waals surface area contributed by atoms with Crippen molar-refractivity contribution in [1.29, 1.82) is 0 Å². The maximum Gasteiger partial charge on any atom is 0.326 e. The van der Waals surface area contributed by atoms with Gasteiger partial charge in [0.25, 0.3) is 5.91 Å². The van der Waals surface area contributed by atoms with E-state index in [1.807, 2.05) is 74.7 Å². The van der Waals surface area contributed by atoms with Crippen LogP contribution in [0.15, 0.2) is 84.9 Å². The molecule has 1 heterocycles. The smallest absolute Gasteiger partial charge is 0.326 e. The minimum absolute atomic E-state index is 0.0925. The molecule has 0 saturated carbocycles. The third-order valence-electron chi connectivity index (χ3n) is 6.56. The zero-order chi connectivity index (χ0) is 27.8. The molecule has 4 aromatic rings. The van der Waals surface area contributed by atoms with Crippen LogP contribution in [0.25, 0.3) is 21.6 Å². The molecule has 2 N–H and O–H groups in total. The highest BCUT2D eigenvalue weighted by atomic mass is 32.2. The number of amides is 1. The first kappa shape index (κ1) is 28.6. The quantitative estimate of drug-likeness (QED) is 0.187. The van der Waals surface area contributed by atoms with E-state index in [1.165, 1.54) is 10.4 Å². The molecule has 2 unspecified atom stereocenters. The minimum Gasteiger partial charge on any atom is -0.480 e. The first-order chi connectivity index (χ1) is 18.9. The topological polar surface area (TPSA) is 75.6 Å². The summed E-state index contributed by atoms with van der Waals surface area (Å²) in [4.78, 5) is 27.4. The van der Waals surface area contributed by atoms with Crippen LogP contribution in [0.1, 0.15) is 45.8 Å². The van der Waals surface area contributed by atoms with E-state index in [4.69, 9.17) is 4.74 Å². The summed E-state index contributed by atoms with van der Waals surface area (Å²) in [6, 6.07) is 27.1. The fourth-order valence-electron chi connectivity index (χ4n) is 4.34. The Morgan fingerprint density at radius 2 is 1.72 bits per heavy atom. The minimum atomic E-state index is -1.03. The van der Waals surface area contributed by atoms with Gasteiger partial charge in [-0.05, 0) is 84.4 Å². The molecule has 202 valence electrons. The molecule has 2 atom stereocenters. The van der Waals surface area contributed by atoms with Crippen LogP contribution in [0.3, 0.4) is 0 Å². The van der Waals surface area contributed by atoms with Crippen LogP contribution < -0.4 is 5.32 Å². The number of thioether (sulfide) groups is 1. The fourth-order valence-corrected chi connectivity index (χ4v) is 5.82. The van der Waals surface area contributed by atoms with Gasteiger partial charge in [0.1, 0.15) is 6.04 Å². The van der Waals surface area contributed by atoms with Gasteiger partial charge in [0.2, 0.25) is 0 Å². The van der Waals surface area contributed by atoms with Crippen molar-refractivity contribution in [1.82, 2.24) is 5.32 Å². The molecule has 1 aromatic heterocycles. The number of carbonyl (C=O) groups is 2. The Balaban J connectivity index is 1.54. The maximum absolute atomic E-state index is 13.3. The molecular weight excluding hydrogens is 526 g/mol. The molecule has 7 heteroatoms. The lowest BCUT2D eigenvalue weighted by Crippen LogP contribution is -2.41. The molecule has 4 rings (SSSR count).